The molecule has 0 aromatic heterocycles. The summed E-state index contributed by atoms with van der Waals surface area (Å²) in [5.41, 5.74) is -0.620. The molecule has 0 bridgehead atoms. The summed E-state index contributed by atoms with van der Waals surface area (Å²) in [5, 5.41) is 3.64. The molecule has 218 valence electrons. The molecule has 36 heavy (non-hydrogen) atoms. The lowest BCUT2D eigenvalue weighted by atomic mass is 10.0. The maximum atomic E-state index is 12.9. The van der Waals surface area contributed by atoms with E-state index in [-0.39, 0.29) is 5.75 Å². The molecule has 0 aromatic rings. The third-order valence-electron chi connectivity index (χ3n) is 4.34. The Hall–Kier alpha value is 0.794. The second-order valence-corrected chi connectivity index (χ2v) is 39.0. The van der Waals surface area contributed by atoms with Gasteiger partial charge in [0.2, 0.25) is 8.32 Å². The Morgan fingerprint density at radius 3 is 1.25 bits per heavy atom. The average molecular weight is 620 g/mol. The first-order valence-corrected chi connectivity index (χ1v) is 31.5. The smallest absolute Gasteiger partial charge is 0.260 e. The first-order chi connectivity index (χ1) is 15.6. The summed E-state index contributed by atoms with van der Waals surface area (Å²) in [4.78, 5) is 0. The number of rotatable bonds is 18. The van der Waals surface area contributed by atoms with E-state index in [4.69, 9.17) is 21.6 Å². The second-order valence-electron chi connectivity index (χ2n) is 14.6. The largest absolute Gasteiger partial charge is 0.416 e. The van der Waals surface area contributed by atoms with Crippen LogP contribution in [-0.2, 0) is 31.7 Å². The third kappa shape index (κ3) is 20.7. The Kier molecular flexibility index (Phi) is 13.7. The van der Waals surface area contributed by atoms with E-state index in [0.717, 1.165) is 0 Å². The van der Waals surface area contributed by atoms with Crippen LogP contribution in [0.5, 0.6) is 0 Å². The van der Waals surface area contributed by atoms with E-state index in [0.29, 0.717) is 26.4 Å². The van der Waals surface area contributed by atoms with Crippen LogP contribution in [0.15, 0.2) is 0 Å². The van der Waals surface area contributed by atoms with Crippen molar-refractivity contribution in [2.45, 2.75) is 110 Å². The monoisotopic (exact) mass is 619 g/mol. The number of nitrogens with one attached hydrogen (secondary N) is 1. The van der Waals surface area contributed by atoms with E-state index < -0.39 is 63.3 Å². The molecule has 0 aromatic carbocycles. The number of hydrogen-bond donors (Lipinski definition) is 1. The molecule has 0 aliphatic carbocycles. The predicted octanol–water partition coefficient (Wildman–Crippen LogP) is 5.27. The summed E-state index contributed by atoms with van der Waals surface area (Å²) in [5.74, 6) is -0.191. The summed E-state index contributed by atoms with van der Waals surface area (Å²) >= 11 is 0. The van der Waals surface area contributed by atoms with Crippen molar-refractivity contribution >= 4 is 51.7 Å². The molecule has 0 saturated carbocycles. The van der Waals surface area contributed by atoms with Crippen LogP contribution >= 0.6 is 0 Å². The Labute approximate surface area is 228 Å². The van der Waals surface area contributed by atoms with Crippen LogP contribution in [0.3, 0.4) is 0 Å². The highest BCUT2D eigenvalue weighted by molar-refractivity contribution is 7.87. The van der Waals surface area contributed by atoms with Gasteiger partial charge in [-0.3, -0.25) is 0 Å². The van der Waals surface area contributed by atoms with Gasteiger partial charge < -0.3 is 26.9 Å². The molecule has 0 aliphatic rings. The molecule has 0 aliphatic heterocycles. The minimum Gasteiger partial charge on any atom is -0.416 e. The minimum atomic E-state index is -3.74. The van der Waals surface area contributed by atoms with Crippen LogP contribution in [0, 0.1) is 0 Å². The molecule has 0 spiro atoms. The lowest BCUT2D eigenvalue weighted by Crippen LogP contribution is -2.62. The van der Waals surface area contributed by atoms with E-state index >= 15 is 0 Å². The van der Waals surface area contributed by atoms with Crippen molar-refractivity contribution in [3.8, 4) is 0 Å². The van der Waals surface area contributed by atoms with Crippen molar-refractivity contribution < 1.29 is 30.0 Å². The van der Waals surface area contributed by atoms with Crippen LogP contribution in [-0.4, -0.2) is 93.8 Å². The first-order valence-electron chi connectivity index (χ1n) is 12.9. The molecule has 0 saturated heterocycles. The molecule has 0 rings (SSSR count). The Bertz CT molecular complexity index is 719. The Morgan fingerprint density at radius 1 is 0.611 bits per heavy atom. The van der Waals surface area contributed by atoms with Gasteiger partial charge in [0.15, 0.2) is 33.3 Å². The van der Waals surface area contributed by atoms with Crippen LogP contribution in [0.25, 0.3) is 0 Å². The minimum absolute atomic E-state index is 0.191. The lowest BCUT2D eigenvalue weighted by molar-refractivity contribution is 0.0527. The van der Waals surface area contributed by atoms with Gasteiger partial charge in [-0.05, 0) is 98.2 Å². The van der Waals surface area contributed by atoms with Gasteiger partial charge in [-0.15, -0.1) is 0 Å². The van der Waals surface area contributed by atoms with Gasteiger partial charge in [0.1, 0.15) is 5.75 Å². The molecule has 0 radical (unpaired) electrons. The van der Waals surface area contributed by atoms with E-state index in [1.54, 1.807) is 0 Å². The fourth-order valence-electron chi connectivity index (χ4n) is 2.95. The van der Waals surface area contributed by atoms with Gasteiger partial charge in [0, 0.05) is 6.54 Å². The van der Waals surface area contributed by atoms with Crippen molar-refractivity contribution in [1.29, 1.82) is 0 Å². The second kappa shape index (κ2) is 13.4. The molecular weight excluding hydrogens is 563 g/mol. The van der Waals surface area contributed by atoms with Gasteiger partial charge in [-0.25, -0.2) is 8.42 Å². The fraction of sp³-hybridized carbons (Fsp3) is 1.00. The summed E-state index contributed by atoms with van der Waals surface area (Å²) < 4.78 is 56.9. The number of hydrogen-bond acceptors (Lipinski definition) is 8. The molecular formula is C22H57NO7SSi5. The molecule has 1 N–H and O–H groups in total. The molecule has 0 amide bonds. The standard InChI is InChI=1S/C22H57NO7SSi5/c1-32(2,3)26-18-22(19-27-33(4,5)6,20-28-34(7,8)9)23-16-21(29-35(10,11)12)17-31(24,25)30-36(13,14)15/h21,23H,16-20H2,1-15H3. The fourth-order valence-corrected chi connectivity index (χ4v) is 10.3. The van der Waals surface area contributed by atoms with Gasteiger partial charge in [0.25, 0.3) is 10.1 Å². The SMILES string of the molecule is C[Si](C)(C)OCC(CO[Si](C)(C)C)(CO[Si](C)(C)C)NCC(CS(=O)(=O)O[Si](C)(C)C)O[Si](C)(C)C. The van der Waals surface area contributed by atoms with Crippen molar-refractivity contribution in [1.82, 2.24) is 5.32 Å². The van der Waals surface area contributed by atoms with Crippen molar-refractivity contribution in [2.24, 2.45) is 0 Å². The highest BCUT2D eigenvalue weighted by Crippen LogP contribution is 2.20. The zero-order chi connectivity index (χ0) is 28.9. The molecule has 1 unspecified atom stereocenters. The van der Waals surface area contributed by atoms with Gasteiger partial charge in [0.05, 0.1) is 31.5 Å². The molecule has 0 fully saturated rings. The van der Waals surface area contributed by atoms with Gasteiger partial charge >= 0.3 is 0 Å². The van der Waals surface area contributed by atoms with Crippen molar-refractivity contribution in [2.75, 3.05) is 32.1 Å². The highest BCUT2D eigenvalue weighted by atomic mass is 32.2. The third-order valence-corrected chi connectivity index (χ3v) is 12.2. The van der Waals surface area contributed by atoms with Crippen LogP contribution in [0.1, 0.15) is 0 Å². The van der Waals surface area contributed by atoms with E-state index in [2.05, 4.69) is 83.9 Å². The zero-order valence-corrected chi connectivity index (χ0v) is 31.7. The molecule has 0 heterocycles. The van der Waals surface area contributed by atoms with E-state index in [1.807, 2.05) is 19.6 Å². The van der Waals surface area contributed by atoms with E-state index in [9.17, 15) is 8.42 Å². The Morgan fingerprint density at radius 2 is 0.972 bits per heavy atom. The zero-order valence-electron chi connectivity index (χ0n) is 25.9. The maximum absolute atomic E-state index is 12.9. The summed E-state index contributed by atoms with van der Waals surface area (Å²) in [7, 11) is -13.6. The van der Waals surface area contributed by atoms with Crippen LogP contribution < -0.4 is 5.32 Å². The molecule has 8 nitrogen and oxygen atoms in total. The van der Waals surface area contributed by atoms with Crippen LogP contribution in [0.2, 0.25) is 98.2 Å². The predicted molar refractivity (Wildman–Crippen MR) is 165 cm³/mol. The maximum Gasteiger partial charge on any atom is 0.260 e. The van der Waals surface area contributed by atoms with E-state index in [1.165, 1.54) is 0 Å². The summed E-state index contributed by atoms with van der Waals surface area (Å²) in [6.07, 6.45) is -0.553. The highest BCUT2D eigenvalue weighted by Gasteiger charge is 2.38. The molecule has 14 heteroatoms. The topological polar surface area (TPSA) is 92.3 Å². The quantitative estimate of drug-likeness (QED) is 0.208. The Balaban J connectivity index is 6.11. The van der Waals surface area contributed by atoms with Crippen LogP contribution in [0.4, 0.5) is 0 Å². The summed E-state index contributed by atoms with van der Waals surface area (Å²) in [6, 6.07) is 0. The van der Waals surface area contributed by atoms with Crippen molar-refractivity contribution in [3.05, 3.63) is 0 Å². The van der Waals surface area contributed by atoms with Gasteiger partial charge in [-0.1, -0.05) is 0 Å². The van der Waals surface area contributed by atoms with Gasteiger partial charge in [-0.2, -0.15) is 0 Å². The van der Waals surface area contributed by atoms with Crippen molar-refractivity contribution in [3.63, 3.8) is 0 Å². The average Bonchev–Trinajstić information content (AvgIpc) is 2.54. The first kappa shape index (κ1) is 36.8. The molecule has 1 atom stereocenters. The lowest BCUT2D eigenvalue weighted by Gasteiger charge is -2.41. The normalized spacial score (nSPS) is 15.9. The summed E-state index contributed by atoms with van der Waals surface area (Å²) in [6.45, 7) is 32.9.